The highest BCUT2D eigenvalue weighted by molar-refractivity contribution is 6.12. The number of rotatable bonds is 9. The number of para-hydroxylation sites is 1. The molecule has 0 saturated heterocycles. The summed E-state index contributed by atoms with van der Waals surface area (Å²) in [5.74, 6) is 1.92. The molecule has 0 bridgehead atoms. The van der Waals surface area contributed by atoms with E-state index in [1.165, 1.54) is 13.4 Å². The Morgan fingerprint density at radius 1 is 0.765 bits per heavy atom. The molecule has 2 N–H and O–H groups in total. The number of ether oxygens (including phenoxy) is 3. The average Bonchev–Trinajstić information content (AvgIpc) is 2.88. The number of ketones is 1. The van der Waals surface area contributed by atoms with Crippen LogP contribution in [0.3, 0.4) is 0 Å². The SMILES string of the molecule is COc1cc(Nc2ncnc(Nc3ccccc3C(=O)c3ccccc3)n2)cc(OC)c1OC. The summed E-state index contributed by atoms with van der Waals surface area (Å²) in [6.45, 7) is 0. The van der Waals surface area contributed by atoms with E-state index in [9.17, 15) is 4.79 Å². The smallest absolute Gasteiger partial charge is 0.232 e. The highest BCUT2D eigenvalue weighted by Gasteiger charge is 2.16. The molecule has 0 atom stereocenters. The van der Waals surface area contributed by atoms with Gasteiger partial charge in [-0.05, 0) is 12.1 Å². The fourth-order valence-electron chi connectivity index (χ4n) is 3.35. The monoisotopic (exact) mass is 457 g/mol. The van der Waals surface area contributed by atoms with E-state index in [2.05, 4.69) is 25.6 Å². The standard InChI is InChI=1S/C25H23N5O4/c1-32-20-13-17(14-21(33-2)23(20)34-3)28-24-26-15-27-25(30-24)29-19-12-8-7-11-18(19)22(31)16-9-5-4-6-10-16/h4-15H,1-3H3,(H2,26,27,28,29,30). The van der Waals surface area contributed by atoms with E-state index in [1.54, 1.807) is 50.6 Å². The number of nitrogens with one attached hydrogen (secondary N) is 2. The Kier molecular flexibility index (Phi) is 6.83. The molecule has 4 rings (SSSR count). The van der Waals surface area contributed by atoms with Gasteiger partial charge in [-0.15, -0.1) is 0 Å². The number of hydrogen-bond donors (Lipinski definition) is 2. The number of benzene rings is 3. The third-order valence-electron chi connectivity index (χ3n) is 4.95. The van der Waals surface area contributed by atoms with Crippen LogP contribution in [0.15, 0.2) is 73.1 Å². The van der Waals surface area contributed by atoms with Crippen molar-refractivity contribution in [2.45, 2.75) is 0 Å². The lowest BCUT2D eigenvalue weighted by atomic mass is 10.0. The summed E-state index contributed by atoms with van der Waals surface area (Å²) in [7, 11) is 4.62. The maximum atomic E-state index is 13.0. The van der Waals surface area contributed by atoms with E-state index in [4.69, 9.17) is 14.2 Å². The molecule has 34 heavy (non-hydrogen) atoms. The largest absolute Gasteiger partial charge is 0.493 e. The van der Waals surface area contributed by atoms with Crippen molar-refractivity contribution in [3.8, 4) is 17.2 Å². The Morgan fingerprint density at radius 3 is 2.03 bits per heavy atom. The number of hydrogen-bond acceptors (Lipinski definition) is 9. The summed E-state index contributed by atoms with van der Waals surface area (Å²) >= 11 is 0. The van der Waals surface area contributed by atoms with Crippen LogP contribution in [0.4, 0.5) is 23.3 Å². The van der Waals surface area contributed by atoms with Crippen molar-refractivity contribution in [1.82, 2.24) is 15.0 Å². The Bertz CT molecular complexity index is 1270. The maximum absolute atomic E-state index is 13.0. The molecule has 0 spiro atoms. The minimum atomic E-state index is -0.103. The van der Waals surface area contributed by atoms with E-state index < -0.39 is 0 Å². The Labute approximate surface area is 196 Å². The molecule has 9 heteroatoms. The number of methoxy groups -OCH3 is 3. The summed E-state index contributed by atoms with van der Waals surface area (Å²) in [6, 6.07) is 19.8. The van der Waals surface area contributed by atoms with Crippen molar-refractivity contribution in [2.75, 3.05) is 32.0 Å². The zero-order chi connectivity index (χ0) is 23.9. The third kappa shape index (κ3) is 4.88. The molecular formula is C25H23N5O4. The zero-order valence-corrected chi connectivity index (χ0v) is 18.9. The Morgan fingerprint density at radius 2 is 1.38 bits per heavy atom. The van der Waals surface area contributed by atoms with E-state index in [0.29, 0.717) is 45.7 Å². The van der Waals surface area contributed by atoms with Gasteiger partial charge in [-0.3, -0.25) is 4.79 Å². The predicted molar refractivity (Wildman–Crippen MR) is 129 cm³/mol. The van der Waals surface area contributed by atoms with Gasteiger partial charge in [0.05, 0.1) is 27.0 Å². The van der Waals surface area contributed by atoms with E-state index in [-0.39, 0.29) is 11.7 Å². The minimum absolute atomic E-state index is 0.103. The molecule has 0 amide bonds. The number of carbonyl (C=O) groups excluding carboxylic acids is 1. The average molecular weight is 457 g/mol. The first-order valence-electron chi connectivity index (χ1n) is 10.3. The van der Waals surface area contributed by atoms with Gasteiger partial charge >= 0.3 is 0 Å². The van der Waals surface area contributed by atoms with Crippen LogP contribution in [0.2, 0.25) is 0 Å². The number of aromatic nitrogens is 3. The van der Waals surface area contributed by atoms with Crippen LogP contribution in [0.1, 0.15) is 15.9 Å². The highest BCUT2D eigenvalue weighted by Crippen LogP contribution is 2.40. The molecule has 0 radical (unpaired) electrons. The fraction of sp³-hybridized carbons (Fsp3) is 0.120. The van der Waals surface area contributed by atoms with E-state index >= 15 is 0 Å². The molecule has 0 saturated carbocycles. The maximum Gasteiger partial charge on any atom is 0.232 e. The molecular weight excluding hydrogens is 434 g/mol. The summed E-state index contributed by atoms with van der Waals surface area (Å²) < 4.78 is 16.1. The molecule has 4 aromatic rings. The lowest BCUT2D eigenvalue weighted by Crippen LogP contribution is -2.08. The van der Waals surface area contributed by atoms with Gasteiger partial charge in [0.1, 0.15) is 6.33 Å². The molecule has 0 aliphatic heterocycles. The molecule has 0 fully saturated rings. The van der Waals surface area contributed by atoms with Gasteiger partial charge in [-0.25, -0.2) is 9.97 Å². The van der Waals surface area contributed by atoms with Gasteiger partial charge in [-0.2, -0.15) is 4.98 Å². The molecule has 0 aliphatic carbocycles. The van der Waals surface area contributed by atoms with E-state index in [1.807, 2.05) is 30.3 Å². The summed E-state index contributed by atoms with van der Waals surface area (Å²) in [5.41, 5.74) is 2.32. The van der Waals surface area contributed by atoms with Gasteiger partial charge < -0.3 is 24.8 Å². The lowest BCUT2D eigenvalue weighted by molar-refractivity contribution is 0.103. The van der Waals surface area contributed by atoms with Gasteiger partial charge in [0.2, 0.25) is 17.6 Å². The normalized spacial score (nSPS) is 10.3. The van der Waals surface area contributed by atoms with Crippen LogP contribution in [-0.2, 0) is 0 Å². The van der Waals surface area contributed by atoms with Gasteiger partial charge in [0.25, 0.3) is 0 Å². The molecule has 1 heterocycles. The topological polar surface area (TPSA) is 107 Å². The molecule has 0 aliphatic rings. The van der Waals surface area contributed by atoms with Crippen LogP contribution >= 0.6 is 0 Å². The van der Waals surface area contributed by atoms with Crippen molar-refractivity contribution in [1.29, 1.82) is 0 Å². The minimum Gasteiger partial charge on any atom is -0.493 e. The first-order chi connectivity index (χ1) is 16.6. The van der Waals surface area contributed by atoms with Crippen LogP contribution in [0.5, 0.6) is 17.2 Å². The summed E-state index contributed by atoms with van der Waals surface area (Å²) in [4.78, 5) is 25.8. The van der Waals surface area contributed by atoms with Crippen LogP contribution in [-0.4, -0.2) is 42.1 Å². The molecule has 3 aromatic carbocycles. The third-order valence-corrected chi connectivity index (χ3v) is 4.95. The van der Waals surface area contributed by atoms with Gasteiger partial charge in [0.15, 0.2) is 17.3 Å². The number of carbonyl (C=O) groups is 1. The van der Waals surface area contributed by atoms with Crippen molar-refractivity contribution in [3.05, 3.63) is 84.2 Å². The Balaban J connectivity index is 1.59. The molecule has 172 valence electrons. The number of nitrogens with zero attached hydrogens (tertiary/aromatic N) is 3. The van der Waals surface area contributed by atoms with E-state index in [0.717, 1.165) is 0 Å². The van der Waals surface area contributed by atoms with Crippen molar-refractivity contribution < 1.29 is 19.0 Å². The first kappa shape index (κ1) is 22.5. The first-order valence-corrected chi connectivity index (χ1v) is 10.3. The fourth-order valence-corrected chi connectivity index (χ4v) is 3.35. The van der Waals surface area contributed by atoms with Gasteiger partial charge in [-0.1, -0.05) is 42.5 Å². The van der Waals surface area contributed by atoms with Crippen LogP contribution in [0.25, 0.3) is 0 Å². The van der Waals surface area contributed by atoms with Crippen LogP contribution in [0, 0.1) is 0 Å². The second kappa shape index (κ2) is 10.3. The summed E-state index contributed by atoms with van der Waals surface area (Å²) in [5, 5.41) is 6.23. The molecule has 0 unspecified atom stereocenters. The second-order valence-electron chi connectivity index (χ2n) is 7.04. The summed E-state index contributed by atoms with van der Waals surface area (Å²) in [6.07, 6.45) is 1.37. The molecule has 1 aromatic heterocycles. The second-order valence-corrected chi connectivity index (χ2v) is 7.04. The van der Waals surface area contributed by atoms with Crippen molar-refractivity contribution in [2.24, 2.45) is 0 Å². The zero-order valence-electron chi connectivity index (χ0n) is 18.9. The van der Waals surface area contributed by atoms with Crippen molar-refractivity contribution in [3.63, 3.8) is 0 Å². The van der Waals surface area contributed by atoms with Crippen molar-refractivity contribution >= 4 is 29.1 Å². The van der Waals surface area contributed by atoms with Crippen LogP contribution < -0.4 is 24.8 Å². The molecule has 9 nitrogen and oxygen atoms in total. The lowest BCUT2D eigenvalue weighted by Gasteiger charge is -2.15. The Hall–Kier alpha value is -4.66. The quantitative estimate of drug-likeness (QED) is 0.348. The highest BCUT2D eigenvalue weighted by atomic mass is 16.5. The number of anilines is 4. The predicted octanol–water partition coefficient (Wildman–Crippen LogP) is 4.62. The van der Waals surface area contributed by atoms with Gasteiger partial charge in [0, 0.05) is 28.9 Å².